The van der Waals surface area contributed by atoms with Crippen molar-refractivity contribution in [1.29, 1.82) is 0 Å². The zero-order valence-electron chi connectivity index (χ0n) is 23.0. The van der Waals surface area contributed by atoms with E-state index >= 15 is 0 Å². The van der Waals surface area contributed by atoms with Crippen molar-refractivity contribution in [2.75, 3.05) is 20.2 Å². The fourth-order valence-electron chi connectivity index (χ4n) is 4.70. The van der Waals surface area contributed by atoms with Crippen LogP contribution in [0.3, 0.4) is 0 Å². The Bertz CT molecular complexity index is 1490. The molecule has 2 heterocycles. The number of carbonyl (C=O) groups is 4. The molecule has 0 saturated carbocycles. The molecule has 1 aliphatic rings. The highest BCUT2D eigenvalue weighted by atomic mass is 16.5. The molecule has 1 aromatic heterocycles. The van der Waals surface area contributed by atoms with Crippen molar-refractivity contribution < 1.29 is 39.0 Å². The number of nitrogens with one attached hydrogen (secondary N) is 3. The third kappa shape index (κ3) is 6.61. The van der Waals surface area contributed by atoms with Crippen LogP contribution in [0.15, 0.2) is 53.7 Å². The lowest BCUT2D eigenvalue weighted by atomic mass is 10.1. The molecule has 7 N–H and O–H groups in total. The van der Waals surface area contributed by atoms with Gasteiger partial charge < -0.3 is 46.0 Å². The first-order chi connectivity index (χ1) is 20.1. The summed E-state index contributed by atoms with van der Waals surface area (Å²) < 4.78 is 11.1. The van der Waals surface area contributed by atoms with E-state index in [4.69, 9.17) is 20.4 Å². The zero-order valence-corrected chi connectivity index (χ0v) is 23.0. The maximum Gasteiger partial charge on any atom is 0.354 e. The van der Waals surface area contributed by atoms with Gasteiger partial charge in [-0.25, -0.2) is 4.79 Å². The maximum absolute atomic E-state index is 13.0. The van der Waals surface area contributed by atoms with E-state index in [1.54, 1.807) is 36.1 Å². The molecule has 1 aliphatic heterocycles. The fraction of sp³-hybridized carbons (Fsp3) is 0.321. The van der Waals surface area contributed by atoms with Crippen molar-refractivity contribution in [2.24, 2.45) is 10.9 Å². The number of likely N-dealkylation sites (tertiary alicyclic amines) is 1. The summed E-state index contributed by atoms with van der Waals surface area (Å²) in [5, 5.41) is 27.1. The highest BCUT2D eigenvalue weighted by molar-refractivity contribution is 6.04. The zero-order chi connectivity index (χ0) is 30.4. The van der Waals surface area contributed by atoms with Gasteiger partial charge in [-0.05, 0) is 44.0 Å². The largest absolute Gasteiger partial charge is 0.494 e. The predicted molar refractivity (Wildman–Crippen MR) is 150 cm³/mol. The lowest BCUT2D eigenvalue weighted by molar-refractivity contribution is -0.159. The topological polar surface area (TPSA) is 209 Å². The first kappa shape index (κ1) is 29.9. The molecule has 2 atom stereocenters. The molecule has 222 valence electrons. The quantitative estimate of drug-likeness (QED) is 0.0669. The van der Waals surface area contributed by atoms with Crippen molar-refractivity contribution in [3.63, 3.8) is 0 Å². The molecule has 4 rings (SSSR count). The van der Waals surface area contributed by atoms with Crippen LogP contribution >= 0.6 is 0 Å². The minimum atomic E-state index is -1.62. The third-order valence-corrected chi connectivity index (χ3v) is 6.93. The van der Waals surface area contributed by atoms with E-state index in [1.165, 1.54) is 31.4 Å². The second kappa shape index (κ2) is 13.0. The van der Waals surface area contributed by atoms with Gasteiger partial charge in [0.05, 0.1) is 13.2 Å². The van der Waals surface area contributed by atoms with E-state index in [0.29, 0.717) is 34.9 Å². The second-order valence-corrected chi connectivity index (χ2v) is 9.69. The monoisotopic (exact) mass is 580 g/mol. The number of aliphatic carboxylic acids is 1. The number of nitrogens with two attached hydrogens (primary N) is 1. The van der Waals surface area contributed by atoms with E-state index in [1.807, 2.05) is 0 Å². The Labute approximate surface area is 240 Å². The summed E-state index contributed by atoms with van der Waals surface area (Å²) in [6.07, 6.45) is -1.49. The number of hydrogen-bond donors (Lipinski definition) is 6. The van der Waals surface area contributed by atoms with E-state index in [2.05, 4.69) is 20.8 Å². The van der Waals surface area contributed by atoms with Gasteiger partial charge in [0.2, 0.25) is 12.1 Å². The van der Waals surface area contributed by atoms with Gasteiger partial charge in [-0.15, -0.1) is 0 Å². The Morgan fingerprint density at radius 1 is 1.02 bits per heavy atom. The van der Waals surface area contributed by atoms with E-state index in [9.17, 15) is 24.3 Å². The summed E-state index contributed by atoms with van der Waals surface area (Å²) in [7, 11) is 1.42. The maximum atomic E-state index is 13.0. The number of aromatic amines is 1. The van der Waals surface area contributed by atoms with Crippen LogP contribution in [0.4, 0.5) is 0 Å². The molecule has 2 aromatic carbocycles. The number of carboxylic acids is 1. The smallest absolute Gasteiger partial charge is 0.354 e. The fourth-order valence-corrected chi connectivity index (χ4v) is 4.70. The van der Waals surface area contributed by atoms with Gasteiger partial charge in [-0.3, -0.25) is 14.4 Å². The Morgan fingerprint density at radius 3 is 2.29 bits per heavy atom. The van der Waals surface area contributed by atoms with Crippen LogP contribution in [0.2, 0.25) is 0 Å². The van der Waals surface area contributed by atoms with Gasteiger partial charge in [-0.1, -0.05) is 29.4 Å². The molecule has 14 heteroatoms. The lowest BCUT2D eigenvalue weighted by Gasteiger charge is -2.34. The molecular formula is C28H32N6O8. The number of oxime groups is 1. The molecule has 0 bridgehead atoms. The number of carbonyl (C=O) groups excluding carboxylic acids is 3. The molecule has 1 unspecified atom stereocenters. The predicted octanol–water partition coefficient (Wildman–Crippen LogP) is 1.24. The van der Waals surface area contributed by atoms with Crippen molar-refractivity contribution in [3.05, 3.63) is 65.4 Å². The minimum absolute atomic E-state index is 0.0732. The Balaban J connectivity index is 1.30. The lowest BCUT2D eigenvalue weighted by Crippen LogP contribution is -2.51. The number of para-hydroxylation sites is 1. The van der Waals surface area contributed by atoms with E-state index < -0.39 is 36.2 Å². The summed E-state index contributed by atoms with van der Waals surface area (Å²) >= 11 is 0. The number of piperidine rings is 1. The first-order valence-corrected chi connectivity index (χ1v) is 13.1. The van der Waals surface area contributed by atoms with Crippen LogP contribution in [0.1, 0.15) is 46.2 Å². The van der Waals surface area contributed by atoms with Gasteiger partial charge >= 0.3 is 5.97 Å². The van der Waals surface area contributed by atoms with Gasteiger partial charge in [0.1, 0.15) is 11.7 Å². The molecule has 3 amide bonds. The number of aromatic nitrogens is 1. The molecule has 0 aliphatic carbocycles. The molecule has 3 aromatic rings. The highest BCUT2D eigenvalue weighted by Gasteiger charge is 2.32. The number of nitrogens with zero attached hydrogens (tertiary/aromatic N) is 2. The van der Waals surface area contributed by atoms with Gasteiger partial charge in [0.15, 0.2) is 11.6 Å². The molecule has 1 fully saturated rings. The van der Waals surface area contributed by atoms with Crippen LogP contribution in [-0.4, -0.2) is 88.3 Å². The van der Waals surface area contributed by atoms with Crippen LogP contribution in [-0.2, 0) is 14.3 Å². The number of rotatable bonds is 10. The molecule has 1 saturated heterocycles. The van der Waals surface area contributed by atoms with Crippen LogP contribution < -0.4 is 21.1 Å². The SMILES string of the molecule is COc1c(C(=O)N[C@@H](OC2CCN(C(=O)C(C)NC(=O)c3ccc(/C(N)=N/O)cc3)CC2)C(=O)O)[nH]c2ccccc12. The number of H-pyrrole nitrogens is 1. The van der Waals surface area contributed by atoms with Crippen LogP contribution in [0.5, 0.6) is 5.75 Å². The van der Waals surface area contributed by atoms with Crippen molar-refractivity contribution in [1.82, 2.24) is 20.5 Å². The van der Waals surface area contributed by atoms with Crippen LogP contribution in [0, 0.1) is 0 Å². The number of amides is 3. The van der Waals surface area contributed by atoms with E-state index in [0.717, 1.165) is 0 Å². The number of methoxy groups -OCH3 is 1. The van der Waals surface area contributed by atoms with Gasteiger partial charge in [0.25, 0.3) is 11.8 Å². The van der Waals surface area contributed by atoms with Crippen LogP contribution in [0.25, 0.3) is 10.9 Å². The Hall–Kier alpha value is -5.11. The molecular weight excluding hydrogens is 548 g/mol. The second-order valence-electron chi connectivity index (χ2n) is 9.69. The Kier molecular flexibility index (Phi) is 9.27. The van der Waals surface area contributed by atoms with E-state index in [-0.39, 0.29) is 36.3 Å². The number of hydrogen-bond acceptors (Lipinski definition) is 8. The third-order valence-electron chi connectivity index (χ3n) is 6.93. The normalized spacial score (nSPS) is 15.6. The summed E-state index contributed by atoms with van der Waals surface area (Å²) in [4.78, 5) is 54.9. The number of carboxylic acid groups (broad SMARTS) is 1. The standard InChI is InChI=1S/C28H32N6O8/c1-15(30-24(35)17-9-7-16(8-10-17)23(29)33-40)27(37)34-13-11-18(12-14-34)42-26(28(38)39)32-25(36)21-22(41-2)19-5-3-4-6-20(19)31-21/h3-10,15,18,26,31,40H,11-14H2,1-2H3,(H2,29,33)(H,30,35)(H,32,36)(H,38,39)/t15?,26-/m0/s1. The molecule has 0 radical (unpaired) electrons. The Morgan fingerprint density at radius 2 is 1.67 bits per heavy atom. The summed E-state index contributed by atoms with van der Waals surface area (Å²) in [5.74, 6) is -2.64. The number of amidine groups is 1. The first-order valence-electron chi connectivity index (χ1n) is 13.1. The number of fused-ring (bicyclic) bond motifs is 1. The summed E-state index contributed by atoms with van der Waals surface area (Å²) in [5.41, 5.74) is 6.99. The molecule has 0 spiro atoms. The molecule has 14 nitrogen and oxygen atoms in total. The molecule has 42 heavy (non-hydrogen) atoms. The van der Waals surface area contributed by atoms with Gasteiger partial charge in [0, 0.05) is 35.1 Å². The van der Waals surface area contributed by atoms with Crippen molar-refractivity contribution in [3.8, 4) is 5.75 Å². The summed E-state index contributed by atoms with van der Waals surface area (Å²) in [6, 6.07) is 12.3. The number of ether oxygens (including phenoxy) is 2. The average molecular weight is 581 g/mol. The summed E-state index contributed by atoms with van der Waals surface area (Å²) in [6.45, 7) is 2.12. The van der Waals surface area contributed by atoms with Crippen molar-refractivity contribution >= 4 is 40.4 Å². The number of benzene rings is 2. The van der Waals surface area contributed by atoms with Gasteiger partial charge in [-0.2, -0.15) is 0 Å². The minimum Gasteiger partial charge on any atom is -0.494 e. The highest BCUT2D eigenvalue weighted by Crippen LogP contribution is 2.29. The average Bonchev–Trinajstić information content (AvgIpc) is 3.39. The van der Waals surface area contributed by atoms with Crippen molar-refractivity contribution in [2.45, 2.75) is 38.1 Å².